The van der Waals surface area contributed by atoms with Crippen LogP contribution in [0.15, 0.2) is 18.2 Å². The van der Waals surface area contributed by atoms with Gasteiger partial charge >= 0.3 is 0 Å². The third-order valence-electron chi connectivity index (χ3n) is 3.17. The molecule has 17 heavy (non-hydrogen) atoms. The molecule has 0 spiro atoms. The van der Waals surface area contributed by atoms with Gasteiger partial charge in [0.05, 0.1) is 13.7 Å². The van der Waals surface area contributed by atoms with E-state index in [-0.39, 0.29) is 0 Å². The molecule has 0 aliphatic carbocycles. The highest BCUT2D eigenvalue weighted by Gasteiger charge is 2.15. The van der Waals surface area contributed by atoms with Crippen LogP contribution in [0.5, 0.6) is 11.5 Å². The van der Waals surface area contributed by atoms with Gasteiger partial charge in [-0.25, -0.2) is 0 Å². The van der Waals surface area contributed by atoms with Gasteiger partial charge in [0.1, 0.15) is 0 Å². The molecule has 0 aromatic heterocycles. The summed E-state index contributed by atoms with van der Waals surface area (Å²) in [5.41, 5.74) is 1.31. The molecule has 1 aliphatic rings. The summed E-state index contributed by atoms with van der Waals surface area (Å²) < 4.78 is 10.9. The predicted molar refractivity (Wildman–Crippen MR) is 68.9 cm³/mol. The molecule has 1 heterocycles. The van der Waals surface area contributed by atoms with Gasteiger partial charge in [-0.3, -0.25) is 0 Å². The van der Waals surface area contributed by atoms with Gasteiger partial charge in [-0.2, -0.15) is 0 Å². The number of nitrogens with one attached hydrogen (secondary N) is 1. The second kappa shape index (κ2) is 5.92. The van der Waals surface area contributed by atoms with E-state index in [1.54, 1.807) is 7.11 Å². The number of rotatable bonds is 5. The highest BCUT2D eigenvalue weighted by molar-refractivity contribution is 5.43. The van der Waals surface area contributed by atoms with Crippen molar-refractivity contribution < 1.29 is 9.47 Å². The van der Waals surface area contributed by atoms with Crippen LogP contribution < -0.4 is 14.8 Å². The molecule has 1 aliphatic heterocycles. The minimum atomic E-state index is 0.623. The summed E-state index contributed by atoms with van der Waals surface area (Å²) in [6.45, 7) is 3.80. The lowest BCUT2D eigenvalue weighted by Gasteiger charge is -2.13. The Bertz CT molecular complexity index is 359. The van der Waals surface area contributed by atoms with Crippen molar-refractivity contribution in [3.63, 3.8) is 0 Å². The average Bonchev–Trinajstić information content (AvgIpc) is 2.84. The average molecular weight is 235 g/mol. The molecule has 1 unspecified atom stereocenters. The maximum Gasteiger partial charge on any atom is 0.161 e. The van der Waals surface area contributed by atoms with Crippen molar-refractivity contribution >= 4 is 0 Å². The van der Waals surface area contributed by atoms with E-state index >= 15 is 0 Å². The molecule has 0 amide bonds. The van der Waals surface area contributed by atoms with Gasteiger partial charge in [-0.15, -0.1) is 0 Å². The van der Waals surface area contributed by atoms with Gasteiger partial charge in [0, 0.05) is 6.04 Å². The molecular formula is C14H21NO2. The SMILES string of the molecule is CCOc1ccc(CC2CCCN2)cc1OC. The van der Waals surface area contributed by atoms with Crippen LogP contribution in [0.3, 0.4) is 0 Å². The summed E-state index contributed by atoms with van der Waals surface area (Å²) >= 11 is 0. The smallest absolute Gasteiger partial charge is 0.161 e. The lowest BCUT2D eigenvalue weighted by Crippen LogP contribution is -2.23. The molecule has 94 valence electrons. The molecule has 0 radical (unpaired) electrons. The second-order valence-electron chi connectivity index (χ2n) is 4.42. The number of ether oxygens (including phenoxy) is 2. The van der Waals surface area contributed by atoms with E-state index in [0.717, 1.165) is 24.5 Å². The molecule has 3 heteroatoms. The van der Waals surface area contributed by atoms with E-state index in [4.69, 9.17) is 9.47 Å². The third kappa shape index (κ3) is 3.13. The van der Waals surface area contributed by atoms with Crippen molar-refractivity contribution in [1.29, 1.82) is 0 Å². The Labute approximate surface area is 103 Å². The minimum absolute atomic E-state index is 0.623. The Morgan fingerprint density at radius 3 is 2.88 bits per heavy atom. The Hall–Kier alpha value is -1.22. The van der Waals surface area contributed by atoms with E-state index in [2.05, 4.69) is 17.4 Å². The molecule has 1 aromatic rings. The zero-order chi connectivity index (χ0) is 12.1. The Morgan fingerprint density at radius 1 is 1.35 bits per heavy atom. The van der Waals surface area contributed by atoms with Crippen LogP contribution >= 0.6 is 0 Å². The van der Waals surface area contributed by atoms with Crippen LogP contribution in [0, 0.1) is 0 Å². The predicted octanol–water partition coefficient (Wildman–Crippen LogP) is 2.39. The molecule has 1 aromatic carbocycles. The Morgan fingerprint density at radius 2 is 2.24 bits per heavy atom. The minimum Gasteiger partial charge on any atom is -0.493 e. The Balaban J connectivity index is 2.07. The van der Waals surface area contributed by atoms with Gasteiger partial charge < -0.3 is 14.8 Å². The zero-order valence-electron chi connectivity index (χ0n) is 10.7. The first-order chi connectivity index (χ1) is 8.33. The summed E-state index contributed by atoms with van der Waals surface area (Å²) in [6.07, 6.45) is 3.64. The quantitative estimate of drug-likeness (QED) is 0.850. The van der Waals surface area contributed by atoms with E-state index in [0.29, 0.717) is 12.6 Å². The van der Waals surface area contributed by atoms with Crippen LogP contribution in [0.2, 0.25) is 0 Å². The fourth-order valence-corrected chi connectivity index (χ4v) is 2.33. The van der Waals surface area contributed by atoms with Gasteiger partial charge in [-0.1, -0.05) is 6.07 Å². The lowest BCUT2D eigenvalue weighted by atomic mass is 10.0. The fraction of sp³-hybridized carbons (Fsp3) is 0.571. The monoisotopic (exact) mass is 235 g/mol. The normalized spacial score (nSPS) is 19.3. The number of methoxy groups -OCH3 is 1. The fourth-order valence-electron chi connectivity index (χ4n) is 2.33. The standard InChI is InChI=1S/C14H21NO2/c1-3-17-13-7-6-11(10-14(13)16-2)9-12-5-4-8-15-12/h6-7,10,12,15H,3-5,8-9H2,1-2H3. The lowest BCUT2D eigenvalue weighted by molar-refractivity contribution is 0.310. The molecule has 1 atom stereocenters. The summed E-state index contributed by atoms with van der Waals surface area (Å²) in [6, 6.07) is 6.85. The molecule has 1 fully saturated rings. The van der Waals surface area contributed by atoms with Crippen molar-refractivity contribution in [2.45, 2.75) is 32.2 Å². The van der Waals surface area contributed by atoms with Gasteiger partial charge in [-0.05, 0) is 50.4 Å². The van der Waals surface area contributed by atoms with E-state index in [1.807, 2.05) is 13.0 Å². The highest BCUT2D eigenvalue weighted by Crippen LogP contribution is 2.28. The van der Waals surface area contributed by atoms with E-state index < -0.39 is 0 Å². The van der Waals surface area contributed by atoms with Crippen LogP contribution in [0.4, 0.5) is 0 Å². The van der Waals surface area contributed by atoms with E-state index in [1.165, 1.54) is 18.4 Å². The number of benzene rings is 1. The summed E-state index contributed by atoms with van der Waals surface area (Å²) in [4.78, 5) is 0. The summed E-state index contributed by atoms with van der Waals surface area (Å²) in [7, 11) is 1.69. The molecule has 3 nitrogen and oxygen atoms in total. The Kier molecular flexibility index (Phi) is 4.26. The van der Waals surface area contributed by atoms with Crippen LogP contribution in [0.25, 0.3) is 0 Å². The maximum atomic E-state index is 5.51. The van der Waals surface area contributed by atoms with Crippen LogP contribution in [-0.4, -0.2) is 26.3 Å². The van der Waals surface area contributed by atoms with Crippen molar-refractivity contribution in [2.24, 2.45) is 0 Å². The second-order valence-corrected chi connectivity index (χ2v) is 4.42. The molecule has 2 rings (SSSR count). The first-order valence-corrected chi connectivity index (χ1v) is 6.36. The van der Waals surface area contributed by atoms with Gasteiger partial charge in [0.25, 0.3) is 0 Å². The first kappa shape index (κ1) is 12.2. The van der Waals surface area contributed by atoms with Crippen molar-refractivity contribution in [1.82, 2.24) is 5.32 Å². The topological polar surface area (TPSA) is 30.5 Å². The van der Waals surface area contributed by atoms with Crippen molar-refractivity contribution in [3.8, 4) is 11.5 Å². The first-order valence-electron chi connectivity index (χ1n) is 6.36. The highest BCUT2D eigenvalue weighted by atomic mass is 16.5. The molecular weight excluding hydrogens is 214 g/mol. The molecule has 0 bridgehead atoms. The summed E-state index contributed by atoms with van der Waals surface area (Å²) in [5.74, 6) is 1.67. The zero-order valence-corrected chi connectivity index (χ0v) is 10.7. The third-order valence-corrected chi connectivity index (χ3v) is 3.17. The van der Waals surface area contributed by atoms with E-state index in [9.17, 15) is 0 Å². The van der Waals surface area contributed by atoms with Crippen LogP contribution in [-0.2, 0) is 6.42 Å². The largest absolute Gasteiger partial charge is 0.493 e. The van der Waals surface area contributed by atoms with Gasteiger partial charge in [0.2, 0.25) is 0 Å². The maximum absolute atomic E-state index is 5.51. The number of hydrogen-bond donors (Lipinski definition) is 1. The van der Waals surface area contributed by atoms with Gasteiger partial charge in [0.15, 0.2) is 11.5 Å². The van der Waals surface area contributed by atoms with Crippen LogP contribution in [0.1, 0.15) is 25.3 Å². The molecule has 1 saturated heterocycles. The molecule has 0 saturated carbocycles. The van der Waals surface area contributed by atoms with Crippen molar-refractivity contribution in [3.05, 3.63) is 23.8 Å². The van der Waals surface area contributed by atoms with Crippen molar-refractivity contribution in [2.75, 3.05) is 20.3 Å². The number of hydrogen-bond acceptors (Lipinski definition) is 3. The molecule has 1 N–H and O–H groups in total. The summed E-state index contributed by atoms with van der Waals surface area (Å²) in [5, 5.41) is 3.51.